The van der Waals surface area contributed by atoms with Gasteiger partial charge in [-0.3, -0.25) is 13.9 Å². The first-order valence-corrected chi connectivity index (χ1v) is 14.5. The largest absolute Gasteiger partial charge is 0.495 e. The molecule has 3 aromatic rings. The van der Waals surface area contributed by atoms with Crippen molar-refractivity contribution in [2.75, 3.05) is 30.8 Å². The molecule has 0 fully saturated rings. The Kier molecular flexibility index (Phi) is 10.4. The number of ether oxygens (including phenoxy) is 1. The predicted octanol–water partition coefficient (Wildman–Crippen LogP) is 3.77. The number of benzene rings is 3. The fraction of sp³-hybridized carbons (Fsp3) is 0.310. The van der Waals surface area contributed by atoms with Crippen LogP contribution in [-0.4, -0.2) is 57.6 Å². The van der Waals surface area contributed by atoms with Gasteiger partial charge >= 0.3 is 0 Å². The highest BCUT2D eigenvalue weighted by Gasteiger charge is 2.34. The summed E-state index contributed by atoms with van der Waals surface area (Å²) < 4.78 is 46.8. The Bertz CT molecular complexity index is 1370. The van der Waals surface area contributed by atoms with E-state index in [1.807, 2.05) is 37.3 Å². The standard InChI is InChI=1S/C29H34FN3O5S/c1-4-18-31-29(35)26(19-22-12-6-5-7-13-22)32(20-23-14-8-9-15-24(23)30)28(34)21-33(39(3,36)37)25-16-10-11-17-27(25)38-2/h5-17,26H,4,18-21H2,1-3H3,(H,31,35)/t26-/m0/s1. The number of methoxy groups -OCH3 is 1. The van der Waals surface area contributed by atoms with Crippen molar-refractivity contribution in [2.45, 2.75) is 32.4 Å². The van der Waals surface area contributed by atoms with Crippen LogP contribution in [0.2, 0.25) is 0 Å². The zero-order chi connectivity index (χ0) is 28.4. The minimum absolute atomic E-state index is 0.157. The molecule has 208 valence electrons. The van der Waals surface area contributed by atoms with Crippen molar-refractivity contribution >= 4 is 27.5 Å². The first-order chi connectivity index (χ1) is 18.7. The molecule has 0 aliphatic rings. The third-order valence-electron chi connectivity index (χ3n) is 6.15. The maximum Gasteiger partial charge on any atom is 0.244 e. The Morgan fingerprint density at radius 1 is 0.974 bits per heavy atom. The summed E-state index contributed by atoms with van der Waals surface area (Å²) in [5.41, 5.74) is 1.18. The Morgan fingerprint density at radius 2 is 1.62 bits per heavy atom. The average molecular weight is 556 g/mol. The molecular weight excluding hydrogens is 521 g/mol. The highest BCUT2D eigenvalue weighted by molar-refractivity contribution is 7.92. The van der Waals surface area contributed by atoms with Crippen LogP contribution in [-0.2, 0) is 32.6 Å². The van der Waals surface area contributed by atoms with Crippen LogP contribution in [0, 0.1) is 5.82 Å². The number of nitrogens with one attached hydrogen (secondary N) is 1. The number of amides is 2. The zero-order valence-corrected chi connectivity index (χ0v) is 23.2. The van der Waals surface area contributed by atoms with E-state index < -0.39 is 40.2 Å². The lowest BCUT2D eigenvalue weighted by Gasteiger charge is -2.33. The van der Waals surface area contributed by atoms with Gasteiger partial charge in [-0.1, -0.05) is 67.6 Å². The monoisotopic (exact) mass is 555 g/mol. The minimum atomic E-state index is -3.95. The molecule has 0 aromatic heterocycles. The van der Waals surface area contributed by atoms with Crippen molar-refractivity contribution in [1.29, 1.82) is 0 Å². The molecule has 3 aromatic carbocycles. The number of rotatable bonds is 13. The molecule has 0 spiro atoms. The van der Waals surface area contributed by atoms with Crippen LogP contribution in [0.15, 0.2) is 78.9 Å². The van der Waals surface area contributed by atoms with E-state index in [-0.39, 0.29) is 30.0 Å². The summed E-state index contributed by atoms with van der Waals surface area (Å²) in [6, 6.07) is 20.6. The summed E-state index contributed by atoms with van der Waals surface area (Å²) in [6.45, 7) is 1.46. The molecule has 0 saturated heterocycles. The zero-order valence-electron chi connectivity index (χ0n) is 22.3. The topological polar surface area (TPSA) is 96.0 Å². The van der Waals surface area contributed by atoms with Gasteiger partial charge in [0, 0.05) is 25.1 Å². The summed E-state index contributed by atoms with van der Waals surface area (Å²) >= 11 is 0. The van der Waals surface area contributed by atoms with Gasteiger partial charge < -0.3 is 15.0 Å². The first-order valence-electron chi connectivity index (χ1n) is 12.6. The summed E-state index contributed by atoms with van der Waals surface area (Å²) in [6.07, 6.45) is 1.83. The molecule has 1 atom stereocenters. The number of halogens is 1. The molecule has 0 bridgehead atoms. The number of carbonyl (C=O) groups is 2. The van der Waals surface area contributed by atoms with Gasteiger partial charge in [-0.2, -0.15) is 0 Å². The van der Waals surface area contributed by atoms with E-state index in [1.165, 1.54) is 36.3 Å². The second-order valence-corrected chi connectivity index (χ2v) is 11.0. The van der Waals surface area contributed by atoms with Crippen LogP contribution in [0.5, 0.6) is 5.75 Å². The maximum absolute atomic E-state index is 14.8. The number of nitrogens with zero attached hydrogens (tertiary/aromatic N) is 2. The predicted molar refractivity (Wildman–Crippen MR) is 149 cm³/mol. The van der Waals surface area contributed by atoms with Gasteiger partial charge in [0.25, 0.3) is 0 Å². The van der Waals surface area contributed by atoms with Gasteiger partial charge in [-0.15, -0.1) is 0 Å². The Hall–Kier alpha value is -3.92. The molecule has 0 radical (unpaired) electrons. The fourth-order valence-electron chi connectivity index (χ4n) is 4.16. The summed E-state index contributed by atoms with van der Waals surface area (Å²) in [5.74, 6) is -1.35. The Labute approximate surface area is 229 Å². The number of anilines is 1. The van der Waals surface area contributed by atoms with Crippen molar-refractivity contribution in [2.24, 2.45) is 0 Å². The molecule has 0 unspecified atom stereocenters. The minimum Gasteiger partial charge on any atom is -0.495 e. The van der Waals surface area contributed by atoms with Gasteiger partial charge in [-0.05, 0) is 30.2 Å². The van der Waals surface area contributed by atoms with Gasteiger partial charge in [0.1, 0.15) is 24.2 Å². The molecule has 2 amide bonds. The summed E-state index contributed by atoms with van der Waals surface area (Å²) in [5, 5.41) is 2.84. The lowest BCUT2D eigenvalue weighted by atomic mass is 10.0. The molecule has 1 N–H and O–H groups in total. The Balaban J connectivity index is 2.07. The molecule has 3 rings (SSSR count). The van der Waals surface area contributed by atoms with Crippen molar-refractivity contribution in [3.05, 3.63) is 95.8 Å². The smallest absolute Gasteiger partial charge is 0.244 e. The number of sulfonamides is 1. The number of carbonyl (C=O) groups excluding carboxylic acids is 2. The molecule has 0 aliphatic heterocycles. The SMILES string of the molecule is CCCNC(=O)[C@H](Cc1ccccc1)N(Cc1ccccc1F)C(=O)CN(c1ccccc1OC)S(C)(=O)=O. The Morgan fingerprint density at radius 3 is 2.26 bits per heavy atom. The van der Waals surface area contributed by atoms with E-state index in [1.54, 1.807) is 24.3 Å². The summed E-state index contributed by atoms with van der Waals surface area (Å²) in [4.78, 5) is 28.7. The number of para-hydroxylation sites is 2. The molecule has 0 aliphatic carbocycles. The molecule has 8 nitrogen and oxygen atoms in total. The van der Waals surface area contributed by atoms with E-state index in [9.17, 15) is 22.4 Å². The van der Waals surface area contributed by atoms with E-state index >= 15 is 0 Å². The normalized spacial score (nSPS) is 11.9. The van der Waals surface area contributed by atoms with Crippen LogP contribution >= 0.6 is 0 Å². The van der Waals surface area contributed by atoms with Crippen LogP contribution in [0.4, 0.5) is 10.1 Å². The van der Waals surface area contributed by atoms with Gasteiger partial charge in [0.15, 0.2) is 0 Å². The van der Waals surface area contributed by atoms with Crippen LogP contribution in [0.1, 0.15) is 24.5 Å². The molecule has 10 heteroatoms. The molecular formula is C29H34FN3O5S. The van der Waals surface area contributed by atoms with Crippen LogP contribution in [0.3, 0.4) is 0 Å². The maximum atomic E-state index is 14.8. The van der Waals surface area contributed by atoms with Gasteiger partial charge in [0.05, 0.1) is 19.1 Å². The lowest BCUT2D eigenvalue weighted by molar-refractivity contribution is -0.140. The fourth-order valence-corrected chi connectivity index (χ4v) is 5.01. The average Bonchev–Trinajstić information content (AvgIpc) is 2.93. The second-order valence-electron chi connectivity index (χ2n) is 9.05. The van der Waals surface area contributed by atoms with E-state index in [0.29, 0.717) is 13.0 Å². The number of hydrogen-bond acceptors (Lipinski definition) is 5. The van der Waals surface area contributed by atoms with Gasteiger partial charge in [0.2, 0.25) is 21.8 Å². The van der Waals surface area contributed by atoms with Crippen molar-refractivity contribution in [1.82, 2.24) is 10.2 Å². The molecule has 0 heterocycles. The van der Waals surface area contributed by atoms with Crippen molar-refractivity contribution in [3.63, 3.8) is 0 Å². The third-order valence-corrected chi connectivity index (χ3v) is 7.28. The first kappa shape index (κ1) is 29.6. The van der Waals surface area contributed by atoms with E-state index in [0.717, 1.165) is 16.1 Å². The van der Waals surface area contributed by atoms with E-state index in [4.69, 9.17) is 4.74 Å². The highest BCUT2D eigenvalue weighted by Crippen LogP contribution is 2.30. The highest BCUT2D eigenvalue weighted by atomic mass is 32.2. The second kappa shape index (κ2) is 13.7. The van der Waals surface area contributed by atoms with Crippen molar-refractivity contribution in [3.8, 4) is 5.75 Å². The summed E-state index contributed by atoms with van der Waals surface area (Å²) in [7, 11) is -2.55. The quantitative estimate of drug-likeness (QED) is 0.347. The lowest BCUT2D eigenvalue weighted by Crippen LogP contribution is -2.53. The molecule has 0 saturated carbocycles. The number of hydrogen-bond donors (Lipinski definition) is 1. The van der Waals surface area contributed by atoms with Gasteiger partial charge in [-0.25, -0.2) is 12.8 Å². The van der Waals surface area contributed by atoms with Crippen LogP contribution in [0.25, 0.3) is 0 Å². The van der Waals surface area contributed by atoms with Crippen molar-refractivity contribution < 1.29 is 27.1 Å². The van der Waals surface area contributed by atoms with E-state index in [2.05, 4.69) is 5.32 Å². The molecule has 39 heavy (non-hydrogen) atoms. The van der Waals surface area contributed by atoms with Crippen LogP contribution < -0.4 is 14.4 Å². The third kappa shape index (κ3) is 8.03.